The molecule has 4 rings (SSSR count). The molecule has 0 amide bonds. The zero-order chi connectivity index (χ0) is 20.4. The van der Waals surface area contributed by atoms with Crippen molar-refractivity contribution < 1.29 is 8.42 Å². The van der Waals surface area contributed by atoms with E-state index in [1.165, 1.54) is 0 Å². The maximum Gasteiger partial charge on any atom is 0.243 e. The highest BCUT2D eigenvalue weighted by Crippen LogP contribution is 2.35. The van der Waals surface area contributed by atoms with Gasteiger partial charge in [-0.1, -0.05) is 67.1 Å². The summed E-state index contributed by atoms with van der Waals surface area (Å²) in [4.78, 5) is 0.344. The van der Waals surface area contributed by atoms with Gasteiger partial charge in [0.1, 0.15) is 0 Å². The molecule has 1 aliphatic heterocycles. The van der Waals surface area contributed by atoms with Gasteiger partial charge in [0.25, 0.3) is 0 Å². The lowest BCUT2D eigenvalue weighted by Crippen LogP contribution is -2.25. The van der Waals surface area contributed by atoms with E-state index in [1.807, 2.05) is 31.2 Å². The molecule has 0 aromatic heterocycles. The quantitative estimate of drug-likeness (QED) is 0.432. The Balaban J connectivity index is 1.76. The fraction of sp³-hybridized carbons (Fsp3) is 0.280. The molecule has 0 fully saturated rings. The van der Waals surface area contributed by atoms with Crippen molar-refractivity contribution in [1.29, 1.82) is 0 Å². The first kappa shape index (κ1) is 19.7. The summed E-state index contributed by atoms with van der Waals surface area (Å²) < 4.78 is 28.0. The van der Waals surface area contributed by atoms with Crippen LogP contribution in [0.15, 0.2) is 59.5 Å². The number of sulfonamides is 1. The highest BCUT2D eigenvalue weighted by molar-refractivity contribution is 7.89. The first-order valence-electron chi connectivity index (χ1n) is 10.1. The average molecular weight is 404 g/mol. The molecule has 0 unspecified atom stereocenters. The Morgan fingerprint density at radius 2 is 1.79 bits per heavy atom. The summed E-state index contributed by atoms with van der Waals surface area (Å²) in [7, 11) is -3.54. The summed E-state index contributed by atoms with van der Waals surface area (Å²) in [5, 5.41) is 2.21. The summed E-state index contributed by atoms with van der Waals surface area (Å²) >= 11 is 0. The van der Waals surface area contributed by atoms with Crippen LogP contribution in [0.5, 0.6) is 0 Å². The molecule has 3 aromatic carbocycles. The second kappa shape index (κ2) is 8.02. The second-order valence-electron chi connectivity index (χ2n) is 7.60. The standard InChI is InChI=1S/C25H25NO2S/c1-3-4-5-6-11-24-23-10-8-7-9-20(23)16-21-17-26(18-25(21)24)29(27,28)22-14-12-19(2)13-15-22/h7-10,12-16H,3-5,17-18H2,1-2H3. The Hall–Kier alpha value is -2.61. The van der Waals surface area contributed by atoms with E-state index >= 15 is 0 Å². The van der Waals surface area contributed by atoms with E-state index in [4.69, 9.17) is 0 Å². The number of rotatable bonds is 4. The topological polar surface area (TPSA) is 37.4 Å². The highest BCUT2D eigenvalue weighted by atomic mass is 32.2. The molecule has 3 nitrogen and oxygen atoms in total. The lowest BCUT2D eigenvalue weighted by atomic mass is 9.96. The van der Waals surface area contributed by atoms with Gasteiger partial charge in [-0.15, -0.1) is 0 Å². The number of unbranched alkanes of at least 4 members (excludes halogenated alkanes) is 2. The van der Waals surface area contributed by atoms with E-state index < -0.39 is 10.0 Å². The minimum Gasteiger partial charge on any atom is -0.207 e. The van der Waals surface area contributed by atoms with Crippen LogP contribution in [-0.2, 0) is 23.1 Å². The number of fused-ring (bicyclic) bond motifs is 2. The Morgan fingerprint density at radius 3 is 2.55 bits per heavy atom. The Bertz CT molecular complexity index is 1220. The Morgan fingerprint density at radius 1 is 1.03 bits per heavy atom. The summed E-state index contributed by atoms with van der Waals surface area (Å²) in [6.07, 6.45) is 3.05. The maximum atomic E-state index is 13.2. The van der Waals surface area contributed by atoms with Gasteiger partial charge in [-0.25, -0.2) is 8.42 Å². The predicted molar refractivity (Wildman–Crippen MR) is 118 cm³/mol. The Kier molecular flexibility index (Phi) is 5.45. The van der Waals surface area contributed by atoms with Gasteiger partial charge in [0.2, 0.25) is 10.0 Å². The maximum absolute atomic E-state index is 13.2. The third kappa shape index (κ3) is 3.81. The van der Waals surface area contributed by atoms with Crippen LogP contribution in [-0.4, -0.2) is 12.7 Å². The summed E-state index contributed by atoms with van der Waals surface area (Å²) in [6.45, 7) is 4.87. The fourth-order valence-corrected chi connectivity index (χ4v) is 5.17. The van der Waals surface area contributed by atoms with Gasteiger partial charge in [0.05, 0.1) is 4.90 Å². The average Bonchev–Trinajstić information content (AvgIpc) is 3.15. The van der Waals surface area contributed by atoms with Crippen molar-refractivity contribution in [1.82, 2.24) is 4.31 Å². The monoisotopic (exact) mass is 403 g/mol. The van der Waals surface area contributed by atoms with E-state index in [0.717, 1.165) is 52.3 Å². The van der Waals surface area contributed by atoms with Crippen molar-refractivity contribution in [3.63, 3.8) is 0 Å². The molecule has 0 N–H and O–H groups in total. The molecule has 1 aliphatic rings. The first-order chi connectivity index (χ1) is 14.0. The zero-order valence-corrected chi connectivity index (χ0v) is 17.7. The van der Waals surface area contributed by atoms with Gasteiger partial charge in [0.15, 0.2) is 0 Å². The number of aryl methyl sites for hydroxylation is 1. The number of hydrogen-bond acceptors (Lipinski definition) is 2. The number of hydrogen-bond donors (Lipinski definition) is 0. The predicted octanol–water partition coefficient (Wildman–Crippen LogP) is 5.39. The van der Waals surface area contributed by atoms with Crippen LogP contribution in [0.2, 0.25) is 0 Å². The Labute approximate surface area is 173 Å². The molecule has 0 saturated heterocycles. The summed E-state index contributed by atoms with van der Waals surface area (Å²) in [5.41, 5.74) is 4.13. The van der Waals surface area contributed by atoms with Crippen molar-refractivity contribution in [2.75, 3.05) is 0 Å². The normalized spacial score (nSPS) is 13.9. The van der Waals surface area contributed by atoms with Crippen LogP contribution in [0.4, 0.5) is 0 Å². The van der Waals surface area contributed by atoms with E-state index in [2.05, 4.69) is 37.0 Å². The number of benzene rings is 3. The lowest BCUT2D eigenvalue weighted by molar-refractivity contribution is 0.431. The fourth-order valence-electron chi connectivity index (χ4n) is 3.78. The molecule has 0 radical (unpaired) electrons. The van der Waals surface area contributed by atoms with Crippen LogP contribution in [0.3, 0.4) is 0 Å². The summed E-state index contributed by atoms with van der Waals surface area (Å²) in [6, 6.07) is 17.4. The summed E-state index contributed by atoms with van der Waals surface area (Å²) in [5.74, 6) is 6.67. The van der Waals surface area contributed by atoms with Crippen molar-refractivity contribution in [2.24, 2.45) is 0 Å². The van der Waals surface area contributed by atoms with Crippen LogP contribution in [0, 0.1) is 18.8 Å². The first-order valence-corrected chi connectivity index (χ1v) is 11.5. The largest absolute Gasteiger partial charge is 0.243 e. The van der Waals surface area contributed by atoms with Crippen molar-refractivity contribution in [3.8, 4) is 11.8 Å². The molecule has 0 atom stereocenters. The van der Waals surface area contributed by atoms with Gasteiger partial charge in [0, 0.05) is 25.1 Å². The highest BCUT2D eigenvalue weighted by Gasteiger charge is 2.32. The molecule has 148 valence electrons. The molecule has 4 heteroatoms. The van der Waals surface area contributed by atoms with Gasteiger partial charge in [-0.05, 0) is 53.4 Å². The third-order valence-corrected chi connectivity index (χ3v) is 7.26. The molecule has 0 bridgehead atoms. The minimum atomic E-state index is -3.54. The van der Waals surface area contributed by atoms with E-state index in [-0.39, 0.29) is 0 Å². The molecule has 29 heavy (non-hydrogen) atoms. The zero-order valence-electron chi connectivity index (χ0n) is 16.9. The van der Waals surface area contributed by atoms with E-state index in [9.17, 15) is 8.42 Å². The molecular weight excluding hydrogens is 378 g/mol. The van der Waals surface area contributed by atoms with Crippen LogP contribution >= 0.6 is 0 Å². The lowest BCUT2D eigenvalue weighted by Gasteiger charge is -2.15. The van der Waals surface area contributed by atoms with Crippen molar-refractivity contribution in [3.05, 3.63) is 76.9 Å². The molecule has 0 spiro atoms. The van der Waals surface area contributed by atoms with Gasteiger partial charge in [-0.2, -0.15) is 4.31 Å². The van der Waals surface area contributed by atoms with Gasteiger partial charge >= 0.3 is 0 Å². The second-order valence-corrected chi connectivity index (χ2v) is 9.54. The SMILES string of the molecule is CCCCC#Cc1c2c(cc3ccccc13)CN(S(=O)(=O)c1ccc(C)cc1)C2. The molecule has 1 heterocycles. The van der Waals surface area contributed by atoms with Gasteiger partial charge in [-0.3, -0.25) is 0 Å². The van der Waals surface area contributed by atoms with Crippen LogP contribution in [0.1, 0.15) is 48.4 Å². The van der Waals surface area contributed by atoms with Gasteiger partial charge < -0.3 is 0 Å². The molecule has 0 saturated carbocycles. The minimum absolute atomic E-state index is 0.344. The molecule has 3 aromatic rings. The third-order valence-electron chi connectivity index (χ3n) is 5.46. The number of nitrogens with zero attached hydrogens (tertiary/aromatic N) is 1. The van der Waals surface area contributed by atoms with Crippen molar-refractivity contribution >= 4 is 20.8 Å². The molecular formula is C25H25NO2S. The van der Waals surface area contributed by atoms with Crippen LogP contribution in [0.25, 0.3) is 10.8 Å². The van der Waals surface area contributed by atoms with Crippen molar-refractivity contribution in [2.45, 2.75) is 51.1 Å². The van der Waals surface area contributed by atoms with E-state index in [0.29, 0.717) is 18.0 Å². The van der Waals surface area contributed by atoms with Crippen LogP contribution < -0.4 is 0 Å². The smallest absolute Gasteiger partial charge is 0.207 e. The van der Waals surface area contributed by atoms with E-state index in [1.54, 1.807) is 16.4 Å². The molecule has 0 aliphatic carbocycles.